The first-order valence-corrected chi connectivity index (χ1v) is 21.0. The number of carbonyl (C=O) groups is 1. The third-order valence-electron chi connectivity index (χ3n) is 16.1. The average Bonchev–Trinajstić information content (AvgIpc) is 3.47. The van der Waals surface area contributed by atoms with Crippen LogP contribution in [-0.2, 0) is 38.0 Å². The van der Waals surface area contributed by atoms with Crippen LogP contribution in [0.15, 0.2) is 0 Å². The molecule has 5 aliphatic carbocycles. The number of ether oxygens (including phenoxy) is 7. The summed E-state index contributed by atoms with van der Waals surface area (Å²) in [6.07, 6.45) is 3.83. The maximum absolute atomic E-state index is 15.9. The minimum Gasteiger partial charge on any atom is -0.460 e. The van der Waals surface area contributed by atoms with Gasteiger partial charge in [0.1, 0.15) is 12.7 Å². The minimum atomic E-state index is -2.89. The van der Waals surface area contributed by atoms with Crippen LogP contribution in [-0.4, -0.2) is 124 Å². The average molecular weight is 788 g/mol. The van der Waals surface area contributed by atoms with E-state index in [9.17, 15) is 15.0 Å². The SMILES string of the molecule is CC(C)(O)[C@@H]1CC[C@@](C)([C@H]2[C@@H](O)C[C@@]3(C)[C@@H]4C[C@H](OC(=O)COCCOCCOCCOCCOCCN)[C@H]5C(C)(C)C(F)(F)CC[C@@]56C[C@@]46CC[C@]23C)O1. The van der Waals surface area contributed by atoms with Crippen molar-refractivity contribution in [3.8, 4) is 0 Å². The maximum atomic E-state index is 15.9. The summed E-state index contributed by atoms with van der Waals surface area (Å²) in [5.74, 6) is -3.98. The Morgan fingerprint density at radius 2 is 1.35 bits per heavy atom. The molecular formula is C42H71F2NO10. The van der Waals surface area contributed by atoms with Crippen molar-refractivity contribution in [2.24, 2.45) is 50.6 Å². The van der Waals surface area contributed by atoms with Gasteiger partial charge >= 0.3 is 5.97 Å². The highest BCUT2D eigenvalue weighted by atomic mass is 19.3. The lowest BCUT2D eigenvalue weighted by atomic mass is 9.41. The monoisotopic (exact) mass is 788 g/mol. The summed E-state index contributed by atoms with van der Waals surface area (Å²) in [6.45, 7) is 17.5. The van der Waals surface area contributed by atoms with Crippen molar-refractivity contribution in [3.63, 3.8) is 0 Å². The topological polar surface area (TPSA) is 148 Å². The van der Waals surface area contributed by atoms with Gasteiger partial charge in [-0.3, -0.25) is 0 Å². The lowest BCUT2D eigenvalue weighted by Crippen LogP contribution is -2.64. The number of hydrogen-bond acceptors (Lipinski definition) is 11. The zero-order valence-corrected chi connectivity index (χ0v) is 34.6. The molecule has 0 amide bonds. The largest absolute Gasteiger partial charge is 0.460 e. The van der Waals surface area contributed by atoms with Gasteiger partial charge in [-0.25, -0.2) is 13.6 Å². The van der Waals surface area contributed by atoms with Crippen LogP contribution >= 0.6 is 0 Å². The van der Waals surface area contributed by atoms with E-state index in [4.69, 9.17) is 38.9 Å². The molecule has 6 aliphatic rings. The van der Waals surface area contributed by atoms with Gasteiger partial charge in [0.15, 0.2) is 0 Å². The van der Waals surface area contributed by atoms with Crippen LogP contribution < -0.4 is 5.73 Å². The smallest absolute Gasteiger partial charge is 0.332 e. The number of fused-ring (bicyclic) bond motifs is 2. The Balaban J connectivity index is 1.08. The number of alkyl halides is 2. The Hall–Kier alpha value is -1.03. The second kappa shape index (κ2) is 15.9. The third-order valence-corrected chi connectivity index (χ3v) is 16.1. The summed E-state index contributed by atoms with van der Waals surface area (Å²) >= 11 is 0. The molecule has 1 heterocycles. The van der Waals surface area contributed by atoms with E-state index in [2.05, 4.69) is 20.8 Å². The number of esters is 1. The van der Waals surface area contributed by atoms with E-state index in [1.807, 2.05) is 0 Å². The van der Waals surface area contributed by atoms with Gasteiger partial charge in [-0.05, 0) is 99.7 Å². The van der Waals surface area contributed by atoms with Crippen molar-refractivity contribution in [1.82, 2.24) is 0 Å². The highest BCUT2D eigenvalue weighted by molar-refractivity contribution is 5.71. The first-order valence-electron chi connectivity index (χ1n) is 21.0. The molecule has 13 heteroatoms. The zero-order chi connectivity index (χ0) is 40.1. The van der Waals surface area contributed by atoms with Crippen molar-refractivity contribution in [2.75, 3.05) is 72.6 Å². The number of aliphatic hydroxyl groups excluding tert-OH is 1. The van der Waals surface area contributed by atoms with Crippen LogP contribution in [0.25, 0.3) is 0 Å². The minimum absolute atomic E-state index is 0.0866. The first kappa shape index (κ1) is 43.5. The standard InChI is InChI=1S/C42H71F2NO10/c1-35(2)34-29(54-32(47)26-53-23-22-52-21-20-51-19-18-50-17-16-49-15-14-45)24-30-38(6)25-28(46)33(39(7)9-8-31(55-39)36(3,4)48)37(38,5)10-11-40(30)27-41(34,40)12-13-42(35,43)44/h28-31,33-34,46,48H,8-27,45H2,1-7H3/t28-,29-,30-,31-,33-,34-,37+,38-,39-,40-,41+/m0/s1. The van der Waals surface area contributed by atoms with Gasteiger partial charge in [-0.1, -0.05) is 27.7 Å². The second-order valence-electron chi connectivity index (χ2n) is 19.7. The van der Waals surface area contributed by atoms with Crippen molar-refractivity contribution in [3.05, 3.63) is 0 Å². The molecule has 0 aromatic heterocycles. The highest BCUT2D eigenvalue weighted by Gasteiger charge is 2.86. The predicted octanol–water partition coefficient (Wildman–Crippen LogP) is 5.30. The molecule has 6 fully saturated rings. The van der Waals surface area contributed by atoms with Crippen molar-refractivity contribution >= 4 is 5.97 Å². The summed E-state index contributed by atoms with van der Waals surface area (Å²) in [4.78, 5) is 13.5. The molecule has 0 unspecified atom stereocenters. The normalized spacial score (nSPS) is 42.6. The fourth-order valence-corrected chi connectivity index (χ4v) is 13.5. The van der Waals surface area contributed by atoms with Gasteiger partial charge in [0.25, 0.3) is 5.92 Å². The second-order valence-corrected chi connectivity index (χ2v) is 19.7. The van der Waals surface area contributed by atoms with Crippen LogP contribution in [0.3, 0.4) is 0 Å². The van der Waals surface area contributed by atoms with Crippen molar-refractivity contribution in [2.45, 2.75) is 142 Å². The fourth-order valence-electron chi connectivity index (χ4n) is 13.5. The predicted molar refractivity (Wildman–Crippen MR) is 200 cm³/mol. The Morgan fingerprint density at radius 1 is 0.782 bits per heavy atom. The Labute approximate surface area is 327 Å². The Morgan fingerprint density at radius 3 is 1.91 bits per heavy atom. The maximum Gasteiger partial charge on any atom is 0.332 e. The molecule has 11 nitrogen and oxygen atoms in total. The summed E-state index contributed by atoms with van der Waals surface area (Å²) in [5.41, 5.74) is 1.31. The van der Waals surface area contributed by atoms with Crippen molar-refractivity contribution < 1.29 is 56.9 Å². The van der Waals surface area contributed by atoms with Gasteiger partial charge in [-0.2, -0.15) is 0 Å². The van der Waals surface area contributed by atoms with E-state index < -0.39 is 46.6 Å². The molecule has 11 atom stereocenters. The Kier molecular flexibility index (Phi) is 12.6. The van der Waals surface area contributed by atoms with Gasteiger partial charge in [0, 0.05) is 30.2 Å². The number of halogens is 2. The van der Waals surface area contributed by atoms with Crippen LogP contribution in [0.1, 0.15) is 106 Å². The molecule has 6 rings (SSSR count). The number of nitrogens with two attached hydrogens (primary N) is 1. The Bertz CT molecular complexity index is 1350. The third kappa shape index (κ3) is 7.55. The molecule has 0 radical (unpaired) electrons. The van der Waals surface area contributed by atoms with E-state index in [0.717, 1.165) is 32.1 Å². The van der Waals surface area contributed by atoms with Crippen molar-refractivity contribution in [1.29, 1.82) is 0 Å². The fraction of sp³-hybridized carbons (Fsp3) is 0.976. The number of hydrogen-bond donors (Lipinski definition) is 3. The highest BCUT2D eigenvalue weighted by Crippen LogP contribution is 2.90. The molecular weight excluding hydrogens is 716 g/mol. The molecule has 0 bridgehead atoms. The van der Waals surface area contributed by atoms with E-state index in [0.29, 0.717) is 72.1 Å². The van der Waals surface area contributed by atoms with E-state index in [-0.39, 0.29) is 65.8 Å². The van der Waals surface area contributed by atoms with Gasteiger partial charge < -0.3 is 49.1 Å². The number of rotatable bonds is 19. The number of aliphatic hydroxyl groups is 2. The first-order chi connectivity index (χ1) is 25.7. The lowest BCUT2D eigenvalue weighted by molar-refractivity contribution is -0.252. The summed E-state index contributed by atoms with van der Waals surface area (Å²) in [7, 11) is 0. The van der Waals surface area contributed by atoms with E-state index in [1.165, 1.54) is 0 Å². The van der Waals surface area contributed by atoms with Crippen LogP contribution in [0.5, 0.6) is 0 Å². The summed E-state index contributed by atoms with van der Waals surface area (Å²) in [6, 6.07) is 0. The molecule has 0 aromatic rings. The molecule has 1 saturated heterocycles. The zero-order valence-electron chi connectivity index (χ0n) is 34.6. The van der Waals surface area contributed by atoms with E-state index >= 15 is 8.78 Å². The van der Waals surface area contributed by atoms with Gasteiger partial charge in [-0.15, -0.1) is 0 Å². The lowest BCUT2D eigenvalue weighted by Gasteiger charge is -2.65. The molecule has 55 heavy (non-hydrogen) atoms. The van der Waals surface area contributed by atoms with Crippen LogP contribution in [0.2, 0.25) is 0 Å². The summed E-state index contributed by atoms with van der Waals surface area (Å²) < 4.78 is 72.2. The molecule has 318 valence electrons. The van der Waals surface area contributed by atoms with Gasteiger partial charge in [0.2, 0.25) is 0 Å². The van der Waals surface area contributed by atoms with Crippen LogP contribution in [0.4, 0.5) is 8.78 Å². The molecule has 4 N–H and O–H groups in total. The molecule has 5 saturated carbocycles. The summed E-state index contributed by atoms with van der Waals surface area (Å²) in [5, 5.41) is 22.9. The number of carbonyl (C=O) groups excluding carboxylic acids is 1. The molecule has 1 aliphatic heterocycles. The molecule has 2 spiro atoms. The quantitative estimate of drug-likeness (QED) is 0.116. The van der Waals surface area contributed by atoms with E-state index in [1.54, 1.807) is 27.7 Å². The van der Waals surface area contributed by atoms with Gasteiger partial charge in [0.05, 0.1) is 82.9 Å². The van der Waals surface area contributed by atoms with Crippen LogP contribution in [0, 0.1) is 44.8 Å². The molecule has 0 aromatic carbocycles.